The van der Waals surface area contributed by atoms with Crippen LogP contribution in [0.25, 0.3) is 22.3 Å². The molecule has 2 aromatic carbocycles. The van der Waals surface area contributed by atoms with Crippen molar-refractivity contribution in [2.24, 2.45) is 10.9 Å². The molecule has 3 N–H and O–H groups in total. The highest BCUT2D eigenvalue weighted by molar-refractivity contribution is 6.03. The number of carbonyl (C=O) groups excluding carboxylic acids is 3. The lowest BCUT2D eigenvalue weighted by Gasteiger charge is -2.28. The average molecular weight is 676 g/mol. The number of fused-ring (bicyclic) bond motifs is 5. The Kier molecular flexibility index (Phi) is 8.35. The first-order valence-corrected chi connectivity index (χ1v) is 16.6. The van der Waals surface area contributed by atoms with Gasteiger partial charge >= 0.3 is 18.0 Å². The van der Waals surface area contributed by atoms with Crippen molar-refractivity contribution in [3.63, 3.8) is 0 Å². The predicted octanol–water partition coefficient (Wildman–Crippen LogP) is 5.05. The number of urea groups is 1. The Morgan fingerprint density at radius 1 is 1.16 bits per heavy atom. The normalized spacial score (nSPS) is 19.8. The van der Waals surface area contributed by atoms with Gasteiger partial charge in [-0.05, 0) is 54.7 Å². The summed E-state index contributed by atoms with van der Waals surface area (Å²) in [6.07, 6.45) is 1.75. The molecule has 2 aromatic heterocycles. The number of amides is 2. The smallest absolute Gasteiger partial charge is 0.338 e. The van der Waals surface area contributed by atoms with E-state index in [-0.39, 0.29) is 49.6 Å². The maximum absolute atomic E-state index is 13.9. The zero-order valence-corrected chi connectivity index (χ0v) is 28.2. The van der Waals surface area contributed by atoms with E-state index >= 15 is 0 Å². The topological polar surface area (TPSA) is 161 Å². The Morgan fingerprint density at radius 2 is 1.92 bits per heavy atom. The second kappa shape index (κ2) is 12.7. The molecule has 0 radical (unpaired) electrons. The maximum atomic E-state index is 13.9. The molecule has 0 saturated carbocycles. The monoisotopic (exact) mass is 675 g/mol. The number of para-hydroxylation sites is 1. The van der Waals surface area contributed by atoms with Crippen LogP contribution in [0.4, 0.5) is 10.5 Å². The van der Waals surface area contributed by atoms with Crippen molar-refractivity contribution >= 4 is 40.8 Å². The number of hydrogen-bond acceptors (Lipinski definition) is 9. The van der Waals surface area contributed by atoms with Crippen molar-refractivity contribution in [2.75, 3.05) is 6.61 Å². The summed E-state index contributed by atoms with van der Waals surface area (Å²) in [5.41, 5.74) is 4.37. The minimum absolute atomic E-state index is 0.160. The molecule has 12 nitrogen and oxygen atoms in total. The average Bonchev–Trinajstić information content (AvgIpc) is 3.40. The van der Waals surface area contributed by atoms with Crippen LogP contribution in [-0.4, -0.2) is 45.4 Å². The van der Waals surface area contributed by atoms with E-state index in [1.165, 1.54) is 0 Å². The lowest BCUT2D eigenvalue weighted by atomic mass is 9.85. The molecule has 0 bridgehead atoms. The van der Waals surface area contributed by atoms with E-state index in [0.29, 0.717) is 45.0 Å². The van der Waals surface area contributed by atoms with Gasteiger partial charge in [-0.15, -0.1) is 0 Å². The van der Waals surface area contributed by atoms with Gasteiger partial charge in [-0.25, -0.2) is 14.6 Å². The SMILES string of the molecule is CCC1(O)CC(=O)OCc2c1cc1n(c2=O)Cc2c-1nc1ccccc1c2C=Nc1ccc(C2NC(=O)NC(C)=C2C(=O)OCC(C)C)cc1. The molecule has 50 heavy (non-hydrogen) atoms. The van der Waals surface area contributed by atoms with Crippen LogP contribution in [0.5, 0.6) is 0 Å². The highest BCUT2D eigenvalue weighted by Crippen LogP contribution is 2.40. The maximum Gasteiger partial charge on any atom is 0.338 e. The Bertz CT molecular complexity index is 2200. The number of rotatable bonds is 7. The van der Waals surface area contributed by atoms with Crippen molar-refractivity contribution in [1.82, 2.24) is 20.2 Å². The van der Waals surface area contributed by atoms with Crippen LogP contribution in [0.2, 0.25) is 0 Å². The van der Waals surface area contributed by atoms with E-state index in [9.17, 15) is 24.3 Å². The van der Waals surface area contributed by atoms with Crippen LogP contribution >= 0.6 is 0 Å². The lowest BCUT2D eigenvalue weighted by Crippen LogP contribution is -2.45. The molecule has 7 rings (SSSR count). The third kappa shape index (κ3) is 5.75. The van der Waals surface area contributed by atoms with E-state index in [0.717, 1.165) is 16.5 Å². The Labute approximate surface area is 287 Å². The van der Waals surface area contributed by atoms with Crippen LogP contribution in [0.1, 0.15) is 74.4 Å². The van der Waals surface area contributed by atoms with Crippen molar-refractivity contribution < 1.29 is 29.0 Å². The first-order valence-electron chi connectivity index (χ1n) is 16.6. The molecule has 2 amide bonds. The number of aliphatic imine (C=N–C) groups is 1. The molecule has 12 heteroatoms. The number of nitrogens with zero attached hydrogens (tertiary/aromatic N) is 3. The minimum atomic E-state index is -1.53. The molecule has 2 atom stereocenters. The molecule has 3 aliphatic heterocycles. The second-order valence-corrected chi connectivity index (χ2v) is 13.3. The lowest BCUT2D eigenvalue weighted by molar-refractivity contribution is -0.149. The van der Waals surface area contributed by atoms with Gasteiger partial charge in [0.25, 0.3) is 5.56 Å². The summed E-state index contributed by atoms with van der Waals surface area (Å²) in [6, 6.07) is 15.6. The van der Waals surface area contributed by atoms with Gasteiger partial charge in [0.1, 0.15) is 12.2 Å². The van der Waals surface area contributed by atoms with E-state index in [2.05, 4.69) is 10.6 Å². The molecule has 3 aliphatic rings. The van der Waals surface area contributed by atoms with Crippen LogP contribution < -0.4 is 16.2 Å². The molecular formula is C38H37N5O7. The summed E-state index contributed by atoms with van der Waals surface area (Å²) >= 11 is 0. The molecule has 256 valence electrons. The minimum Gasteiger partial charge on any atom is -0.462 e. The van der Waals surface area contributed by atoms with Gasteiger partial charge in [0.05, 0.1) is 59.3 Å². The number of cyclic esters (lactones) is 1. The van der Waals surface area contributed by atoms with Crippen LogP contribution in [0.15, 0.2) is 75.7 Å². The van der Waals surface area contributed by atoms with Crippen LogP contribution in [0, 0.1) is 5.92 Å². The third-order valence-corrected chi connectivity index (χ3v) is 9.50. The highest BCUT2D eigenvalue weighted by Gasteiger charge is 2.40. The van der Waals surface area contributed by atoms with Crippen LogP contribution in [-0.2, 0) is 37.8 Å². The first kappa shape index (κ1) is 32.9. The number of hydrogen-bond donors (Lipinski definition) is 3. The molecule has 5 heterocycles. The molecule has 2 unspecified atom stereocenters. The molecular weight excluding hydrogens is 638 g/mol. The summed E-state index contributed by atoms with van der Waals surface area (Å²) in [5, 5.41) is 17.9. The number of ether oxygens (including phenoxy) is 2. The number of esters is 2. The van der Waals surface area contributed by atoms with Crippen molar-refractivity contribution in [1.29, 1.82) is 0 Å². The molecule has 4 aromatic rings. The molecule has 0 saturated heterocycles. The van der Waals surface area contributed by atoms with Crippen molar-refractivity contribution in [3.05, 3.63) is 104 Å². The summed E-state index contributed by atoms with van der Waals surface area (Å²) in [4.78, 5) is 61.4. The number of aliphatic hydroxyl groups is 1. The number of pyridine rings is 2. The number of aromatic nitrogens is 2. The van der Waals surface area contributed by atoms with E-state index in [1.54, 1.807) is 42.8 Å². The van der Waals surface area contributed by atoms with Gasteiger partial charge < -0.3 is 29.8 Å². The Balaban J connectivity index is 1.25. The van der Waals surface area contributed by atoms with Crippen molar-refractivity contribution in [3.8, 4) is 11.4 Å². The zero-order chi connectivity index (χ0) is 35.3. The number of carbonyl (C=O) groups is 3. The Hall–Kier alpha value is -5.62. The summed E-state index contributed by atoms with van der Waals surface area (Å²) in [6.45, 7) is 7.63. The quantitative estimate of drug-likeness (QED) is 0.160. The zero-order valence-electron chi connectivity index (χ0n) is 28.2. The van der Waals surface area contributed by atoms with Gasteiger partial charge in [0.2, 0.25) is 0 Å². The highest BCUT2D eigenvalue weighted by atomic mass is 16.5. The van der Waals surface area contributed by atoms with Gasteiger partial charge in [-0.2, -0.15) is 0 Å². The fourth-order valence-corrected chi connectivity index (χ4v) is 6.83. The molecule has 0 fully saturated rings. The molecule has 0 aliphatic carbocycles. The van der Waals surface area contributed by atoms with Crippen LogP contribution in [0.3, 0.4) is 0 Å². The fourth-order valence-electron chi connectivity index (χ4n) is 6.83. The van der Waals surface area contributed by atoms with Crippen molar-refractivity contribution in [2.45, 2.75) is 65.3 Å². The Morgan fingerprint density at radius 3 is 2.66 bits per heavy atom. The van der Waals surface area contributed by atoms with E-state index < -0.39 is 29.6 Å². The van der Waals surface area contributed by atoms with Gasteiger partial charge in [-0.3, -0.25) is 14.6 Å². The fraction of sp³-hybridized carbons (Fsp3) is 0.316. The van der Waals surface area contributed by atoms with Gasteiger partial charge in [0, 0.05) is 28.4 Å². The third-order valence-electron chi connectivity index (χ3n) is 9.50. The standard InChI is InChI=1S/C38H37N5O7/c1-5-38(48)15-31(44)49-19-27-28(38)14-30-34-26(17-43(30)35(27)45)25(24-8-6-7-9-29(24)41-34)16-39-23-12-10-22(11-13-23)33-32(21(4)40-37(47)42-33)36(46)50-18-20(2)3/h6-14,16,20,33,48H,5,15,17-19H2,1-4H3,(H2,40,42,47). The largest absolute Gasteiger partial charge is 0.462 e. The first-order chi connectivity index (χ1) is 24.0. The second-order valence-electron chi connectivity index (χ2n) is 13.3. The summed E-state index contributed by atoms with van der Waals surface area (Å²) < 4.78 is 12.4. The van der Waals surface area contributed by atoms with E-state index in [4.69, 9.17) is 19.5 Å². The van der Waals surface area contributed by atoms with Gasteiger partial charge in [-0.1, -0.05) is 51.1 Å². The number of allylic oxidation sites excluding steroid dienone is 1. The van der Waals surface area contributed by atoms with Gasteiger partial charge in [0.15, 0.2) is 0 Å². The predicted molar refractivity (Wildman–Crippen MR) is 186 cm³/mol. The number of benzene rings is 2. The summed E-state index contributed by atoms with van der Waals surface area (Å²) in [7, 11) is 0. The number of nitrogens with one attached hydrogen (secondary N) is 2. The molecule has 0 spiro atoms. The summed E-state index contributed by atoms with van der Waals surface area (Å²) in [5.74, 6) is -0.887. The van der Waals surface area contributed by atoms with E-state index in [1.807, 2.05) is 50.2 Å².